The van der Waals surface area contributed by atoms with E-state index < -0.39 is 0 Å². The summed E-state index contributed by atoms with van der Waals surface area (Å²) in [4.78, 5) is 20.6. The summed E-state index contributed by atoms with van der Waals surface area (Å²) in [5.74, 6) is 0.893. The number of aryl methyl sites for hydroxylation is 2. The van der Waals surface area contributed by atoms with E-state index in [9.17, 15) is 4.79 Å². The van der Waals surface area contributed by atoms with Gasteiger partial charge in [0.15, 0.2) is 0 Å². The quantitative estimate of drug-likeness (QED) is 0.800. The van der Waals surface area contributed by atoms with Crippen molar-refractivity contribution < 1.29 is 9.53 Å². The van der Waals surface area contributed by atoms with E-state index in [1.165, 1.54) is 0 Å². The molecule has 2 rings (SSSR count). The third-order valence-corrected chi connectivity index (χ3v) is 3.07. The first-order valence-electron chi connectivity index (χ1n) is 7.05. The number of anilines is 2. The van der Waals surface area contributed by atoms with Crippen LogP contribution in [0, 0.1) is 13.8 Å². The molecule has 1 aromatic carbocycles. The maximum absolute atomic E-state index is 12.1. The van der Waals surface area contributed by atoms with Gasteiger partial charge in [-0.25, -0.2) is 9.97 Å². The summed E-state index contributed by atoms with van der Waals surface area (Å²) in [7, 11) is 1.59. The van der Waals surface area contributed by atoms with Crippen molar-refractivity contribution in [3.63, 3.8) is 0 Å². The minimum Gasteiger partial charge on any atom is -0.383 e. The van der Waals surface area contributed by atoms with Crippen molar-refractivity contribution in [3.8, 4) is 0 Å². The molecule has 0 aliphatic carbocycles. The van der Waals surface area contributed by atoms with Gasteiger partial charge in [0.25, 0.3) is 5.91 Å². The Morgan fingerprint density at radius 1 is 1.23 bits per heavy atom. The molecule has 0 aliphatic heterocycles. The Morgan fingerprint density at radius 3 is 2.73 bits per heavy atom. The van der Waals surface area contributed by atoms with Crippen LogP contribution in [0.15, 0.2) is 30.3 Å². The fraction of sp³-hybridized carbons (Fsp3) is 0.312. The van der Waals surface area contributed by atoms with E-state index in [1.54, 1.807) is 20.1 Å². The van der Waals surface area contributed by atoms with Crippen molar-refractivity contribution in [3.05, 3.63) is 47.4 Å². The minimum atomic E-state index is -0.240. The molecule has 1 amide bonds. The number of rotatable bonds is 6. The van der Waals surface area contributed by atoms with E-state index in [0.717, 1.165) is 11.3 Å². The smallest absolute Gasteiger partial charge is 0.270 e. The third-order valence-electron chi connectivity index (χ3n) is 3.07. The number of methoxy groups -OCH3 is 1. The van der Waals surface area contributed by atoms with Gasteiger partial charge >= 0.3 is 0 Å². The average molecular weight is 300 g/mol. The van der Waals surface area contributed by atoms with Crippen LogP contribution in [0.5, 0.6) is 0 Å². The molecule has 1 aromatic heterocycles. The fourth-order valence-electron chi connectivity index (χ4n) is 1.96. The van der Waals surface area contributed by atoms with E-state index in [1.807, 2.05) is 31.2 Å². The monoisotopic (exact) mass is 300 g/mol. The SMILES string of the molecule is COCCNC(=O)c1cc(Nc2ccccc2C)nc(C)n1. The van der Waals surface area contributed by atoms with Gasteiger partial charge < -0.3 is 15.4 Å². The van der Waals surface area contributed by atoms with Gasteiger partial charge in [0.05, 0.1) is 6.61 Å². The molecule has 0 radical (unpaired) electrons. The van der Waals surface area contributed by atoms with Crippen LogP contribution in [0.2, 0.25) is 0 Å². The Bertz CT molecular complexity index is 658. The molecule has 2 aromatic rings. The molecular weight excluding hydrogens is 280 g/mol. The van der Waals surface area contributed by atoms with Gasteiger partial charge in [0.1, 0.15) is 17.3 Å². The van der Waals surface area contributed by atoms with Crippen LogP contribution in [-0.2, 0) is 4.74 Å². The van der Waals surface area contributed by atoms with Crippen LogP contribution in [0.1, 0.15) is 21.9 Å². The minimum absolute atomic E-state index is 0.240. The van der Waals surface area contributed by atoms with Crippen LogP contribution in [0.25, 0.3) is 0 Å². The Hall–Kier alpha value is -2.47. The lowest BCUT2D eigenvalue weighted by Gasteiger charge is -2.10. The Kier molecular flexibility index (Phi) is 5.43. The molecule has 0 saturated carbocycles. The Morgan fingerprint density at radius 2 is 2.00 bits per heavy atom. The average Bonchev–Trinajstić information content (AvgIpc) is 2.49. The lowest BCUT2D eigenvalue weighted by atomic mass is 10.2. The van der Waals surface area contributed by atoms with Gasteiger partial charge in [-0.3, -0.25) is 4.79 Å². The van der Waals surface area contributed by atoms with Crippen LogP contribution >= 0.6 is 0 Å². The second-order valence-electron chi connectivity index (χ2n) is 4.87. The molecule has 1 heterocycles. The number of para-hydroxylation sites is 1. The molecule has 0 unspecified atom stereocenters. The molecule has 0 aliphatic rings. The van der Waals surface area contributed by atoms with E-state index in [4.69, 9.17) is 4.74 Å². The van der Waals surface area contributed by atoms with Crippen molar-refractivity contribution in [2.24, 2.45) is 0 Å². The largest absolute Gasteiger partial charge is 0.383 e. The van der Waals surface area contributed by atoms with Crippen molar-refractivity contribution in [1.82, 2.24) is 15.3 Å². The number of benzene rings is 1. The number of carbonyl (C=O) groups excluding carboxylic acids is 1. The fourth-order valence-corrected chi connectivity index (χ4v) is 1.96. The third kappa shape index (κ3) is 4.26. The zero-order valence-electron chi connectivity index (χ0n) is 13.0. The summed E-state index contributed by atoms with van der Waals surface area (Å²) < 4.78 is 4.91. The summed E-state index contributed by atoms with van der Waals surface area (Å²) in [5.41, 5.74) is 2.39. The maximum Gasteiger partial charge on any atom is 0.270 e. The van der Waals surface area contributed by atoms with Gasteiger partial charge in [-0.2, -0.15) is 0 Å². The Labute approximate surface area is 129 Å². The van der Waals surface area contributed by atoms with Crippen LogP contribution in [0.3, 0.4) is 0 Å². The summed E-state index contributed by atoms with van der Waals surface area (Å²) in [6.07, 6.45) is 0. The molecule has 0 fully saturated rings. The maximum atomic E-state index is 12.1. The van der Waals surface area contributed by atoms with Gasteiger partial charge in [0.2, 0.25) is 0 Å². The zero-order chi connectivity index (χ0) is 15.9. The Balaban J connectivity index is 2.16. The van der Waals surface area contributed by atoms with Crippen molar-refractivity contribution in [2.45, 2.75) is 13.8 Å². The molecular formula is C16H20N4O2. The second kappa shape index (κ2) is 7.51. The topological polar surface area (TPSA) is 76.1 Å². The van der Waals surface area contributed by atoms with E-state index >= 15 is 0 Å². The molecule has 22 heavy (non-hydrogen) atoms. The van der Waals surface area contributed by atoms with Crippen LogP contribution in [-0.4, -0.2) is 36.1 Å². The highest BCUT2D eigenvalue weighted by Gasteiger charge is 2.10. The highest BCUT2D eigenvalue weighted by Crippen LogP contribution is 2.19. The number of carbonyl (C=O) groups is 1. The predicted octanol–water partition coefficient (Wildman–Crippen LogP) is 2.21. The van der Waals surface area contributed by atoms with Gasteiger partial charge in [-0.15, -0.1) is 0 Å². The lowest BCUT2D eigenvalue weighted by molar-refractivity contribution is 0.0932. The zero-order valence-corrected chi connectivity index (χ0v) is 13.0. The summed E-state index contributed by atoms with van der Waals surface area (Å²) >= 11 is 0. The van der Waals surface area contributed by atoms with E-state index in [-0.39, 0.29) is 5.91 Å². The number of hydrogen-bond donors (Lipinski definition) is 2. The number of nitrogens with one attached hydrogen (secondary N) is 2. The van der Waals surface area contributed by atoms with Crippen molar-refractivity contribution in [1.29, 1.82) is 0 Å². The van der Waals surface area contributed by atoms with Gasteiger partial charge in [0, 0.05) is 25.4 Å². The lowest BCUT2D eigenvalue weighted by Crippen LogP contribution is -2.28. The summed E-state index contributed by atoms with van der Waals surface area (Å²) in [6, 6.07) is 9.53. The highest BCUT2D eigenvalue weighted by molar-refractivity contribution is 5.93. The van der Waals surface area contributed by atoms with Gasteiger partial charge in [-0.1, -0.05) is 18.2 Å². The number of aromatic nitrogens is 2. The number of amides is 1. The van der Waals surface area contributed by atoms with E-state index in [2.05, 4.69) is 20.6 Å². The normalized spacial score (nSPS) is 10.3. The molecule has 0 bridgehead atoms. The molecule has 0 saturated heterocycles. The highest BCUT2D eigenvalue weighted by atomic mass is 16.5. The summed E-state index contributed by atoms with van der Waals surface area (Å²) in [5, 5.41) is 5.97. The van der Waals surface area contributed by atoms with Crippen molar-refractivity contribution in [2.75, 3.05) is 25.6 Å². The van der Waals surface area contributed by atoms with Crippen LogP contribution in [0.4, 0.5) is 11.5 Å². The van der Waals surface area contributed by atoms with Crippen LogP contribution < -0.4 is 10.6 Å². The molecule has 2 N–H and O–H groups in total. The standard InChI is InChI=1S/C16H20N4O2/c1-11-6-4-5-7-13(11)20-15-10-14(18-12(2)19-15)16(21)17-8-9-22-3/h4-7,10H,8-9H2,1-3H3,(H,17,21)(H,18,19,20). The first-order valence-corrected chi connectivity index (χ1v) is 7.05. The molecule has 116 valence electrons. The summed E-state index contributed by atoms with van der Waals surface area (Å²) in [6.45, 7) is 4.67. The number of ether oxygens (including phenoxy) is 1. The molecule has 6 heteroatoms. The predicted molar refractivity (Wildman–Crippen MR) is 85.4 cm³/mol. The second-order valence-corrected chi connectivity index (χ2v) is 4.87. The molecule has 0 atom stereocenters. The number of hydrogen-bond acceptors (Lipinski definition) is 5. The van der Waals surface area contributed by atoms with E-state index in [0.29, 0.717) is 30.5 Å². The number of nitrogens with zero attached hydrogens (tertiary/aromatic N) is 2. The molecule has 0 spiro atoms. The first-order chi connectivity index (χ1) is 10.6. The van der Waals surface area contributed by atoms with Gasteiger partial charge in [-0.05, 0) is 25.5 Å². The molecule has 6 nitrogen and oxygen atoms in total. The first kappa shape index (κ1) is 15.9. The van der Waals surface area contributed by atoms with Crippen molar-refractivity contribution >= 4 is 17.4 Å².